The molecule has 28 heavy (non-hydrogen) atoms. The molecule has 0 spiro atoms. The maximum atomic E-state index is 13.6. The van der Waals surface area contributed by atoms with Crippen molar-refractivity contribution in [2.75, 3.05) is 11.9 Å². The van der Waals surface area contributed by atoms with Crippen molar-refractivity contribution in [3.63, 3.8) is 0 Å². The smallest absolute Gasteiger partial charge is 0.294 e. The molecule has 0 atom stereocenters. The van der Waals surface area contributed by atoms with E-state index < -0.39 is 46.7 Å². The molecule has 10 heteroatoms. The first-order valence-corrected chi connectivity index (χ1v) is 8.90. The second-order valence-corrected chi connectivity index (χ2v) is 7.02. The van der Waals surface area contributed by atoms with Crippen LogP contribution in [-0.4, -0.2) is 28.5 Å². The molecule has 1 heterocycles. The fraction of sp³-hybridized carbons (Fsp3) is 0.0556. The van der Waals surface area contributed by atoms with Crippen LogP contribution in [0.4, 0.5) is 23.7 Å². The highest BCUT2D eigenvalue weighted by atomic mass is 35.5. The third-order valence-corrected chi connectivity index (χ3v) is 4.81. The van der Waals surface area contributed by atoms with E-state index in [1.165, 1.54) is 6.08 Å². The summed E-state index contributed by atoms with van der Waals surface area (Å²) in [5.41, 5.74) is 0.0239. The minimum absolute atomic E-state index is 0.0964. The number of amides is 3. The van der Waals surface area contributed by atoms with E-state index in [1.807, 2.05) is 5.32 Å². The summed E-state index contributed by atoms with van der Waals surface area (Å²) >= 11 is 6.42. The van der Waals surface area contributed by atoms with Crippen LogP contribution in [0.15, 0.2) is 41.3 Å². The maximum Gasteiger partial charge on any atom is 0.294 e. The number of anilines is 1. The molecule has 2 aromatic rings. The fourth-order valence-electron chi connectivity index (χ4n) is 2.30. The molecule has 0 radical (unpaired) electrons. The highest BCUT2D eigenvalue weighted by Crippen LogP contribution is 2.32. The average Bonchev–Trinajstić information content (AvgIpc) is 2.91. The zero-order chi connectivity index (χ0) is 20.4. The summed E-state index contributed by atoms with van der Waals surface area (Å²) in [7, 11) is 0. The molecule has 0 aliphatic carbocycles. The SMILES string of the molecule is O=C(CN1C(=O)S/C(=C/c2ccc(Cl)cc2)C1=O)Nc1ccc(F)c(F)c1F. The molecule has 1 N–H and O–H groups in total. The van der Waals surface area contributed by atoms with E-state index in [-0.39, 0.29) is 4.91 Å². The predicted octanol–water partition coefficient (Wildman–Crippen LogP) is 4.43. The first-order chi connectivity index (χ1) is 13.3. The lowest BCUT2D eigenvalue weighted by Crippen LogP contribution is -2.36. The Morgan fingerprint density at radius 3 is 2.43 bits per heavy atom. The van der Waals surface area contributed by atoms with E-state index >= 15 is 0 Å². The number of hydrogen-bond donors (Lipinski definition) is 1. The van der Waals surface area contributed by atoms with Crippen LogP contribution in [0.3, 0.4) is 0 Å². The lowest BCUT2D eigenvalue weighted by molar-refractivity contribution is -0.127. The summed E-state index contributed by atoms with van der Waals surface area (Å²) in [5.74, 6) is -6.38. The van der Waals surface area contributed by atoms with Crippen LogP contribution in [0.1, 0.15) is 5.56 Å². The van der Waals surface area contributed by atoms with Crippen molar-refractivity contribution in [2.24, 2.45) is 0 Å². The number of hydrogen-bond acceptors (Lipinski definition) is 4. The molecule has 1 aliphatic rings. The van der Waals surface area contributed by atoms with Gasteiger partial charge in [0.05, 0.1) is 10.6 Å². The van der Waals surface area contributed by atoms with Gasteiger partial charge < -0.3 is 5.32 Å². The number of imide groups is 1. The van der Waals surface area contributed by atoms with Gasteiger partial charge in [-0.1, -0.05) is 23.7 Å². The maximum absolute atomic E-state index is 13.6. The molecule has 5 nitrogen and oxygen atoms in total. The van der Waals surface area contributed by atoms with Crippen molar-refractivity contribution in [3.8, 4) is 0 Å². The minimum atomic E-state index is -1.74. The van der Waals surface area contributed by atoms with Gasteiger partial charge in [0.25, 0.3) is 11.1 Å². The van der Waals surface area contributed by atoms with Crippen molar-refractivity contribution in [1.29, 1.82) is 0 Å². The number of thioether (sulfide) groups is 1. The first-order valence-electron chi connectivity index (χ1n) is 7.70. The standard InChI is InChI=1S/C18H10ClF3N2O3S/c19-10-3-1-9(2-4-10)7-13-17(26)24(18(27)28-13)8-14(25)23-12-6-5-11(20)15(21)16(12)22/h1-7H,8H2,(H,23,25)/b13-7+. The van der Waals surface area contributed by atoms with E-state index in [1.54, 1.807) is 24.3 Å². The van der Waals surface area contributed by atoms with E-state index in [0.29, 0.717) is 33.3 Å². The van der Waals surface area contributed by atoms with Gasteiger partial charge in [0.15, 0.2) is 17.5 Å². The van der Waals surface area contributed by atoms with Gasteiger partial charge in [0.2, 0.25) is 5.91 Å². The number of halogens is 4. The van der Waals surface area contributed by atoms with Crippen LogP contribution >= 0.6 is 23.4 Å². The molecular weight excluding hydrogens is 417 g/mol. The summed E-state index contributed by atoms with van der Waals surface area (Å²) in [6.45, 7) is -0.707. The molecule has 0 saturated carbocycles. The van der Waals surface area contributed by atoms with Gasteiger partial charge in [-0.05, 0) is 47.7 Å². The lowest BCUT2D eigenvalue weighted by Gasteiger charge is -2.13. The molecule has 3 amide bonds. The number of benzene rings is 2. The van der Waals surface area contributed by atoms with Crippen LogP contribution in [0, 0.1) is 17.5 Å². The zero-order valence-electron chi connectivity index (χ0n) is 13.8. The van der Waals surface area contributed by atoms with Crippen LogP contribution in [0.5, 0.6) is 0 Å². The van der Waals surface area contributed by atoms with Gasteiger partial charge in [-0.3, -0.25) is 19.3 Å². The van der Waals surface area contributed by atoms with E-state index in [9.17, 15) is 27.6 Å². The predicted molar refractivity (Wildman–Crippen MR) is 99.1 cm³/mol. The van der Waals surface area contributed by atoms with Crippen LogP contribution in [-0.2, 0) is 9.59 Å². The molecule has 0 unspecified atom stereocenters. The highest BCUT2D eigenvalue weighted by molar-refractivity contribution is 8.18. The van der Waals surface area contributed by atoms with Gasteiger partial charge in [0.1, 0.15) is 6.54 Å². The van der Waals surface area contributed by atoms with Crippen LogP contribution < -0.4 is 5.32 Å². The van der Waals surface area contributed by atoms with Crippen molar-refractivity contribution >= 4 is 52.2 Å². The Bertz CT molecular complexity index is 1010. The van der Waals surface area contributed by atoms with Crippen molar-refractivity contribution in [1.82, 2.24) is 4.90 Å². The van der Waals surface area contributed by atoms with Crippen LogP contribution in [0.25, 0.3) is 6.08 Å². The zero-order valence-corrected chi connectivity index (χ0v) is 15.4. The second kappa shape index (κ2) is 8.07. The quantitative estimate of drug-likeness (QED) is 0.580. The molecule has 3 rings (SSSR count). The Morgan fingerprint density at radius 2 is 1.75 bits per heavy atom. The largest absolute Gasteiger partial charge is 0.322 e. The summed E-state index contributed by atoms with van der Waals surface area (Å²) in [5, 5.41) is 1.82. The van der Waals surface area contributed by atoms with E-state index in [0.717, 1.165) is 6.07 Å². The topological polar surface area (TPSA) is 66.5 Å². The summed E-state index contributed by atoms with van der Waals surface area (Å²) < 4.78 is 39.8. The van der Waals surface area contributed by atoms with Gasteiger partial charge in [0, 0.05) is 5.02 Å². The molecule has 0 aromatic heterocycles. The van der Waals surface area contributed by atoms with Gasteiger partial charge in [-0.2, -0.15) is 0 Å². The Hall–Kier alpha value is -2.78. The van der Waals surface area contributed by atoms with Gasteiger partial charge in [-0.25, -0.2) is 13.2 Å². The second-order valence-electron chi connectivity index (χ2n) is 5.59. The molecule has 1 fully saturated rings. The Morgan fingerprint density at radius 1 is 1.07 bits per heavy atom. The molecule has 1 saturated heterocycles. The summed E-state index contributed by atoms with van der Waals surface area (Å²) in [6.07, 6.45) is 1.47. The molecule has 0 bridgehead atoms. The minimum Gasteiger partial charge on any atom is -0.322 e. The Balaban J connectivity index is 1.71. The third-order valence-electron chi connectivity index (χ3n) is 3.65. The Labute approximate surface area is 166 Å². The molecule has 1 aliphatic heterocycles. The normalized spacial score (nSPS) is 15.4. The highest BCUT2D eigenvalue weighted by Gasteiger charge is 2.36. The van der Waals surface area contributed by atoms with Gasteiger partial charge >= 0.3 is 0 Å². The van der Waals surface area contributed by atoms with Gasteiger partial charge in [-0.15, -0.1) is 0 Å². The fourth-order valence-corrected chi connectivity index (χ4v) is 3.27. The van der Waals surface area contributed by atoms with E-state index in [4.69, 9.17) is 11.6 Å². The van der Waals surface area contributed by atoms with Crippen molar-refractivity contribution in [2.45, 2.75) is 0 Å². The number of nitrogens with one attached hydrogen (secondary N) is 1. The first kappa shape index (κ1) is 20.0. The number of rotatable bonds is 4. The summed E-state index contributed by atoms with van der Waals surface area (Å²) in [4.78, 5) is 37.2. The van der Waals surface area contributed by atoms with Crippen molar-refractivity contribution < 1.29 is 27.6 Å². The average molecular weight is 427 g/mol. The number of nitrogens with zero attached hydrogens (tertiary/aromatic N) is 1. The van der Waals surface area contributed by atoms with Crippen LogP contribution in [0.2, 0.25) is 5.02 Å². The van der Waals surface area contributed by atoms with Crippen molar-refractivity contribution in [3.05, 3.63) is 69.3 Å². The molecular formula is C18H10ClF3N2O3S. The monoisotopic (exact) mass is 426 g/mol. The molecule has 144 valence electrons. The number of carbonyl (C=O) groups excluding carboxylic acids is 3. The number of carbonyl (C=O) groups is 3. The van der Waals surface area contributed by atoms with E-state index in [2.05, 4.69) is 0 Å². The summed E-state index contributed by atoms with van der Waals surface area (Å²) in [6, 6.07) is 8.00. The Kier molecular flexibility index (Phi) is 5.76. The molecule has 2 aromatic carbocycles. The third kappa shape index (κ3) is 4.20. The lowest BCUT2D eigenvalue weighted by atomic mass is 10.2.